The third-order valence-corrected chi connectivity index (χ3v) is 3.75. The number of halogens is 2. The molecular formula is C16H21F2NO4. The Balaban J connectivity index is 2.34. The number of aliphatic hydroxyl groups is 1. The van der Waals surface area contributed by atoms with Crippen LogP contribution >= 0.6 is 0 Å². The van der Waals surface area contributed by atoms with Crippen LogP contribution in [-0.4, -0.2) is 47.1 Å². The lowest BCUT2D eigenvalue weighted by Gasteiger charge is -2.36. The average Bonchev–Trinajstić information content (AvgIpc) is 2.88. The molecule has 0 spiro atoms. The summed E-state index contributed by atoms with van der Waals surface area (Å²) in [7, 11) is 0. The van der Waals surface area contributed by atoms with Gasteiger partial charge in [-0.2, -0.15) is 8.78 Å². The maximum Gasteiger partial charge on any atom is 0.347 e. The number of rotatable bonds is 5. The maximum atomic E-state index is 13.8. The number of ether oxygens (including phenoxy) is 2. The molecule has 1 aromatic carbocycles. The Morgan fingerprint density at radius 2 is 2.04 bits per heavy atom. The Labute approximate surface area is 133 Å². The smallest absolute Gasteiger partial charge is 0.347 e. The molecule has 5 nitrogen and oxygen atoms in total. The fourth-order valence-corrected chi connectivity index (χ4v) is 2.51. The minimum absolute atomic E-state index is 0.0164. The van der Waals surface area contributed by atoms with Crippen molar-refractivity contribution in [2.45, 2.75) is 44.8 Å². The number of carbonyl (C=O) groups is 1. The van der Waals surface area contributed by atoms with E-state index >= 15 is 0 Å². The van der Waals surface area contributed by atoms with Gasteiger partial charge in [-0.15, -0.1) is 0 Å². The summed E-state index contributed by atoms with van der Waals surface area (Å²) in [5, 5.41) is 8.84. The number of hydrogen-bond acceptors (Lipinski definition) is 4. The SMILES string of the molecule is CC(c1ccccc1)N(C(=O)C(F)(F)CO)[C@@H]1COC(C)(C)O1. The number of nitrogens with zero attached hydrogens (tertiary/aromatic N) is 1. The Morgan fingerprint density at radius 1 is 1.43 bits per heavy atom. The molecule has 0 aromatic heterocycles. The van der Waals surface area contributed by atoms with Crippen LogP contribution < -0.4 is 0 Å². The molecule has 1 heterocycles. The summed E-state index contributed by atoms with van der Waals surface area (Å²) in [6.45, 7) is 3.35. The van der Waals surface area contributed by atoms with Gasteiger partial charge >= 0.3 is 5.92 Å². The molecule has 1 fully saturated rings. The van der Waals surface area contributed by atoms with E-state index in [4.69, 9.17) is 14.6 Å². The third kappa shape index (κ3) is 3.85. The molecule has 1 amide bonds. The van der Waals surface area contributed by atoms with Crippen molar-refractivity contribution in [1.82, 2.24) is 4.90 Å². The van der Waals surface area contributed by atoms with E-state index in [-0.39, 0.29) is 6.61 Å². The molecule has 23 heavy (non-hydrogen) atoms. The van der Waals surface area contributed by atoms with Gasteiger partial charge in [-0.25, -0.2) is 0 Å². The molecule has 1 saturated heterocycles. The van der Waals surface area contributed by atoms with Crippen molar-refractivity contribution >= 4 is 5.91 Å². The van der Waals surface area contributed by atoms with Crippen LogP contribution in [0.2, 0.25) is 0 Å². The summed E-state index contributed by atoms with van der Waals surface area (Å²) in [6, 6.07) is 8.13. The van der Waals surface area contributed by atoms with Gasteiger partial charge in [0.25, 0.3) is 5.91 Å². The molecular weight excluding hydrogens is 308 g/mol. The molecule has 1 unspecified atom stereocenters. The topological polar surface area (TPSA) is 59.0 Å². The monoisotopic (exact) mass is 329 g/mol. The van der Waals surface area contributed by atoms with Gasteiger partial charge in [0, 0.05) is 0 Å². The maximum absolute atomic E-state index is 13.8. The van der Waals surface area contributed by atoms with Crippen LogP contribution in [0.4, 0.5) is 8.78 Å². The summed E-state index contributed by atoms with van der Waals surface area (Å²) in [5.74, 6) is -6.32. The molecule has 0 bridgehead atoms. The van der Waals surface area contributed by atoms with E-state index in [2.05, 4.69) is 0 Å². The van der Waals surface area contributed by atoms with Crippen LogP contribution in [-0.2, 0) is 14.3 Å². The van der Waals surface area contributed by atoms with Gasteiger partial charge in [0.1, 0.15) is 6.61 Å². The van der Waals surface area contributed by atoms with E-state index in [1.165, 1.54) is 0 Å². The van der Waals surface area contributed by atoms with Crippen molar-refractivity contribution in [2.75, 3.05) is 13.2 Å². The number of aliphatic hydroxyl groups excluding tert-OH is 1. The predicted octanol–water partition coefficient (Wildman–Crippen LogP) is 2.31. The lowest BCUT2D eigenvalue weighted by atomic mass is 10.1. The lowest BCUT2D eigenvalue weighted by Crippen LogP contribution is -2.52. The highest BCUT2D eigenvalue weighted by Gasteiger charge is 2.48. The molecule has 0 saturated carbocycles. The van der Waals surface area contributed by atoms with Crippen LogP contribution in [0.1, 0.15) is 32.4 Å². The fourth-order valence-electron chi connectivity index (χ4n) is 2.51. The number of amides is 1. The van der Waals surface area contributed by atoms with Gasteiger partial charge in [0.2, 0.25) is 0 Å². The predicted molar refractivity (Wildman–Crippen MR) is 78.6 cm³/mol. The highest BCUT2D eigenvalue weighted by Crippen LogP contribution is 2.33. The molecule has 2 rings (SSSR count). The van der Waals surface area contributed by atoms with Gasteiger partial charge in [0.15, 0.2) is 12.0 Å². The van der Waals surface area contributed by atoms with Gasteiger partial charge in [-0.1, -0.05) is 30.3 Å². The second kappa shape index (κ2) is 6.51. The third-order valence-electron chi connectivity index (χ3n) is 3.75. The van der Waals surface area contributed by atoms with Gasteiger partial charge in [0.05, 0.1) is 12.6 Å². The average molecular weight is 329 g/mol. The zero-order valence-electron chi connectivity index (χ0n) is 13.3. The Hall–Kier alpha value is -1.57. The van der Waals surface area contributed by atoms with E-state index < -0.39 is 36.5 Å². The first-order valence-corrected chi connectivity index (χ1v) is 7.36. The second-order valence-electron chi connectivity index (χ2n) is 5.94. The summed E-state index contributed by atoms with van der Waals surface area (Å²) in [6.07, 6.45) is -0.954. The quantitative estimate of drug-likeness (QED) is 0.901. The van der Waals surface area contributed by atoms with Crippen molar-refractivity contribution in [3.63, 3.8) is 0 Å². The summed E-state index contributed by atoms with van der Waals surface area (Å²) in [4.78, 5) is 13.2. The summed E-state index contributed by atoms with van der Waals surface area (Å²) in [5.41, 5.74) is 0.683. The van der Waals surface area contributed by atoms with E-state index in [0.717, 1.165) is 4.90 Å². The van der Waals surface area contributed by atoms with Crippen molar-refractivity contribution < 1.29 is 28.2 Å². The number of benzene rings is 1. The molecule has 0 radical (unpaired) electrons. The van der Waals surface area contributed by atoms with Gasteiger partial charge in [-0.05, 0) is 26.3 Å². The summed E-state index contributed by atoms with van der Waals surface area (Å²) >= 11 is 0. The lowest BCUT2D eigenvalue weighted by molar-refractivity contribution is -0.191. The largest absolute Gasteiger partial charge is 0.390 e. The first-order valence-electron chi connectivity index (χ1n) is 7.36. The van der Waals surface area contributed by atoms with Crippen LogP contribution in [0.5, 0.6) is 0 Å². The minimum Gasteiger partial charge on any atom is -0.390 e. The standard InChI is InChI=1S/C16H21F2NO4/c1-11(12-7-5-4-6-8-12)19(14(21)16(17,18)10-20)13-9-22-15(2,3)23-13/h4-8,11,13,20H,9-10H2,1-3H3/t11?,13-/m0/s1. The number of hydrogen-bond donors (Lipinski definition) is 1. The zero-order chi connectivity index (χ0) is 17.3. The molecule has 128 valence electrons. The molecule has 2 atom stereocenters. The molecule has 0 aliphatic carbocycles. The normalized spacial score (nSPS) is 21.9. The highest BCUT2D eigenvalue weighted by molar-refractivity contribution is 5.84. The van der Waals surface area contributed by atoms with Gasteiger partial charge in [-0.3, -0.25) is 4.79 Å². The van der Waals surface area contributed by atoms with Crippen LogP contribution in [0, 0.1) is 0 Å². The van der Waals surface area contributed by atoms with Crippen molar-refractivity contribution in [3.05, 3.63) is 35.9 Å². The van der Waals surface area contributed by atoms with Crippen LogP contribution in [0.15, 0.2) is 30.3 Å². The Morgan fingerprint density at radius 3 is 2.52 bits per heavy atom. The Kier molecular flexibility index (Phi) is 5.03. The second-order valence-corrected chi connectivity index (χ2v) is 5.94. The van der Waals surface area contributed by atoms with Crippen LogP contribution in [0.3, 0.4) is 0 Å². The van der Waals surface area contributed by atoms with Crippen molar-refractivity contribution in [1.29, 1.82) is 0 Å². The first-order chi connectivity index (χ1) is 10.7. The number of alkyl halides is 2. The minimum atomic E-state index is -3.88. The summed E-state index contributed by atoms with van der Waals surface area (Å²) < 4.78 is 38.5. The molecule has 1 aliphatic heterocycles. The van der Waals surface area contributed by atoms with E-state index in [0.29, 0.717) is 5.56 Å². The molecule has 1 N–H and O–H groups in total. The van der Waals surface area contributed by atoms with Crippen molar-refractivity contribution in [3.8, 4) is 0 Å². The van der Waals surface area contributed by atoms with E-state index in [1.54, 1.807) is 51.1 Å². The Bertz CT molecular complexity index is 550. The highest BCUT2D eigenvalue weighted by atomic mass is 19.3. The van der Waals surface area contributed by atoms with Crippen molar-refractivity contribution in [2.24, 2.45) is 0 Å². The zero-order valence-corrected chi connectivity index (χ0v) is 13.3. The number of carbonyl (C=O) groups excluding carboxylic acids is 1. The van der Waals surface area contributed by atoms with Gasteiger partial charge < -0.3 is 19.5 Å². The molecule has 1 aromatic rings. The van der Waals surface area contributed by atoms with E-state index in [9.17, 15) is 13.6 Å². The molecule has 7 heteroatoms. The fraction of sp³-hybridized carbons (Fsp3) is 0.562. The van der Waals surface area contributed by atoms with E-state index in [1.807, 2.05) is 0 Å². The first kappa shape index (κ1) is 17.8. The van der Waals surface area contributed by atoms with Crippen LogP contribution in [0.25, 0.3) is 0 Å². The molecule has 1 aliphatic rings.